The summed E-state index contributed by atoms with van der Waals surface area (Å²) in [6, 6.07) is 3.99. The predicted octanol–water partition coefficient (Wildman–Crippen LogP) is 1.41. The molecule has 27 heavy (non-hydrogen) atoms. The van der Waals surface area contributed by atoms with Gasteiger partial charge < -0.3 is 14.2 Å². The SMILES string of the molecule is COc1ccc2nnc(C3CCN(c4nccn(C5CC5)c4=O)CC3)n2n1. The van der Waals surface area contributed by atoms with Crippen molar-refractivity contribution in [3.8, 4) is 5.88 Å². The molecule has 0 bridgehead atoms. The van der Waals surface area contributed by atoms with Crippen LogP contribution < -0.4 is 15.2 Å². The molecule has 0 spiro atoms. The van der Waals surface area contributed by atoms with E-state index >= 15 is 0 Å². The van der Waals surface area contributed by atoms with Crippen LogP contribution in [0.15, 0.2) is 29.3 Å². The topological polar surface area (TPSA) is 90.4 Å². The van der Waals surface area contributed by atoms with Gasteiger partial charge in [0.05, 0.1) is 7.11 Å². The van der Waals surface area contributed by atoms with E-state index in [0.717, 1.165) is 44.6 Å². The van der Waals surface area contributed by atoms with Crippen LogP contribution in [0, 0.1) is 0 Å². The first-order valence-electron chi connectivity index (χ1n) is 9.33. The standard InChI is InChI=1S/C18H21N7O2/c1-27-15-5-4-14-20-21-16(25(14)22-15)12-6-9-23(10-7-12)17-18(26)24(11-8-19-17)13-2-3-13/h4-5,8,11-13H,2-3,6-7,9-10H2,1H3. The minimum atomic E-state index is 0.0257. The van der Waals surface area contributed by atoms with Gasteiger partial charge in [-0.15, -0.1) is 15.3 Å². The molecule has 2 fully saturated rings. The Balaban J connectivity index is 1.36. The van der Waals surface area contributed by atoms with E-state index in [4.69, 9.17) is 4.74 Å². The third kappa shape index (κ3) is 2.83. The zero-order valence-corrected chi connectivity index (χ0v) is 15.2. The molecule has 0 radical (unpaired) electrons. The fourth-order valence-electron chi connectivity index (χ4n) is 3.77. The molecule has 1 saturated carbocycles. The lowest BCUT2D eigenvalue weighted by atomic mass is 9.96. The lowest BCUT2D eigenvalue weighted by Crippen LogP contribution is -2.39. The largest absolute Gasteiger partial charge is 0.480 e. The van der Waals surface area contributed by atoms with E-state index in [9.17, 15) is 4.79 Å². The van der Waals surface area contributed by atoms with Crippen LogP contribution in [0.2, 0.25) is 0 Å². The maximum atomic E-state index is 12.7. The van der Waals surface area contributed by atoms with Crippen molar-refractivity contribution in [1.82, 2.24) is 29.4 Å². The molecular weight excluding hydrogens is 346 g/mol. The van der Waals surface area contributed by atoms with Crippen LogP contribution >= 0.6 is 0 Å². The van der Waals surface area contributed by atoms with Crippen molar-refractivity contribution in [2.45, 2.75) is 37.6 Å². The summed E-state index contributed by atoms with van der Waals surface area (Å²) in [5.74, 6) is 2.19. The summed E-state index contributed by atoms with van der Waals surface area (Å²) < 4.78 is 8.81. The highest BCUT2D eigenvalue weighted by Gasteiger charge is 2.29. The Morgan fingerprint density at radius 3 is 2.67 bits per heavy atom. The lowest BCUT2D eigenvalue weighted by Gasteiger charge is -2.31. The minimum Gasteiger partial charge on any atom is -0.480 e. The van der Waals surface area contributed by atoms with Gasteiger partial charge in [-0.05, 0) is 31.7 Å². The van der Waals surface area contributed by atoms with Gasteiger partial charge in [-0.1, -0.05) is 0 Å². The predicted molar refractivity (Wildman–Crippen MR) is 98.3 cm³/mol. The van der Waals surface area contributed by atoms with Gasteiger partial charge in [0, 0.05) is 43.5 Å². The lowest BCUT2D eigenvalue weighted by molar-refractivity contribution is 0.386. The van der Waals surface area contributed by atoms with E-state index in [1.165, 1.54) is 0 Å². The number of ether oxygens (including phenoxy) is 1. The van der Waals surface area contributed by atoms with E-state index < -0.39 is 0 Å². The normalized spacial score (nSPS) is 18.2. The maximum Gasteiger partial charge on any atom is 0.293 e. The minimum absolute atomic E-state index is 0.0257. The highest BCUT2D eigenvalue weighted by molar-refractivity contribution is 5.39. The number of fused-ring (bicyclic) bond motifs is 1. The van der Waals surface area contributed by atoms with Crippen molar-refractivity contribution in [2.75, 3.05) is 25.1 Å². The third-order valence-electron chi connectivity index (χ3n) is 5.42. The summed E-state index contributed by atoms with van der Waals surface area (Å²) in [4.78, 5) is 19.2. The maximum absolute atomic E-state index is 12.7. The molecule has 1 aliphatic heterocycles. The van der Waals surface area contributed by atoms with E-state index in [2.05, 4.69) is 25.2 Å². The summed E-state index contributed by atoms with van der Waals surface area (Å²) in [5.41, 5.74) is 0.739. The van der Waals surface area contributed by atoms with Crippen molar-refractivity contribution in [1.29, 1.82) is 0 Å². The number of hydrogen-bond acceptors (Lipinski definition) is 7. The first kappa shape index (κ1) is 16.2. The molecule has 0 N–H and O–H groups in total. The Kier molecular flexibility index (Phi) is 3.80. The molecule has 0 unspecified atom stereocenters. The second-order valence-electron chi connectivity index (χ2n) is 7.16. The number of nitrogens with zero attached hydrogens (tertiary/aromatic N) is 7. The second kappa shape index (κ2) is 6.33. The zero-order chi connectivity index (χ0) is 18.4. The third-order valence-corrected chi connectivity index (χ3v) is 5.42. The van der Waals surface area contributed by atoms with Crippen molar-refractivity contribution in [3.05, 3.63) is 40.7 Å². The van der Waals surface area contributed by atoms with Crippen LogP contribution in [-0.4, -0.2) is 49.6 Å². The number of anilines is 1. The van der Waals surface area contributed by atoms with Gasteiger partial charge in [-0.25, -0.2) is 4.98 Å². The van der Waals surface area contributed by atoms with Gasteiger partial charge in [0.1, 0.15) is 0 Å². The number of piperidine rings is 1. The molecule has 0 aromatic carbocycles. The molecule has 3 aromatic heterocycles. The summed E-state index contributed by atoms with van der Waals surface area (Å²) in [6.45, 7) is 1.53. The van der Waals surface area contributed by atoms with E-state index in [-0.39, 0.29) is 11.5 Å². The van der Waals surface area contributed by atoms with Crippen LogP contribution in [-0.2, 0) is 0 Å². The van der Waals surface area contributed by atoms with Crippen molar-refractivity contribution in [2.24, 2.45) is 0 Å². The van der Waals surface area contributed by atoms with Gasteiger partial charge in [-0.2, -0.15) is 4.52 Å². The monoisotopic (exact) mass is 367 g/mol. The Bertz CT molecular complexity index is 1030. The van der Waals surface area contributed by atoms with Crippen molar-refractivity contribution >= 4 is 11.5 Å². The number of methoxy groups -OCH3 is 1. The van der Waals surface area contributed by atoms with Gasteiger partial charge in [-0.3, -0.25) is 4.79 Å². The molecule has 3 aromatic rings. The average molecular weight is 367 g/mol. The Morgan fingerprint density at radius 1 is 1.11 bits per heavy atom. The number of aromatic nitrogens is 6. The second-order valence-corrected chi connectivity index (χ2v) is 7.16. The van der Waals surface area contributed by atoms with Gasteiger partial charge in [0.25, 0.3) is 5.56 Å². The molecule has 0 amide bonds. The first-order valence-corrected chi connectivity index (χ1v) is 9.33. The Labute approximate surface area is 155 Å². The van der Waals surface area contributed by atoms with Crippen LogP contribution in [0.1, 0.15) is 43.5 Å². The van der Waals surface area contributed by atoms with Gasteiger partial charge >= 0.3 is 0 Å². The van der Waals surface area contributed by atoms with Crippen molar-refractivity contribution in [3.63, 3.8) is 0 Å². The molecule has 1 aliphatic carbocycles. The highest BCUT2D eigenvalue weighted by atomic mass is 16.5. The molecule has 9 heteroatoms. The van der Waals surface area contributed by atoms with Gasteiger partial charge in [0.15, 0.2) is 17.3 Å². The highest BCUT2D eigenvalue weighted by Crippen LogP contribution is 2.34. The fraction of sp³-hybridized carbons (Fsp3) is 0.500. The van der Waals surface area contributed by atoms with E-state index in [1.807, 2.05) is 10.6 Å². The molecule has 1 saturated heterocycles. The summed E-state index contributed by atoms with van der Waals surface area (Å²) in [6.07, 6.45) is 7.46. The van der Waals surface area contributed by atoms with Gasteiger partial charge in [0.2, 0.25) is 5.88 Å². The smallest absolute Gasteiger partial charge is 0.293 e. The Hall–Kier alpha value is -2.97. The zero-order valence-electron chi connectivity index (χ0n) is 15.2. The van der Waals surface area contributed by atoms with Crippen LogP contribution in [0.25, 0.3) is 5.65 Å². The van der Waals surface area contributed by atoms with Crippen molar-refractivity contribution < 1.29 is 4.74 Å². The molecular formula is C18H21N7O2. The first-order chi connectivity index (χ1) is 13.2. The van der Waals surface area contributed by atoms with E-state index in [0.29, 0.717) is 23.4 Å². The van der Waals surface area contributed by atoms with Crippen LogP contribution in [0.3, 0.4) is 0 Å². The average Bonchev–Trinajstić information content (AvgIpc) is 3.47. The molecule has 4 heterocycles. The van der Waals surface area contributed by atoms with E-state index in [1.54, 1.807) is 30.1 Å². The summed E-state index contributed by atoms with van der Waals surface area (Å²) in [7, 11) is 1.60. The quantitative estimate of drug-likeness (QED) is 0.688. The molecule has 0 atom stereocenters. The summed E-state index contributed by atoms with van der Waals surface area (Å²) in [5, 5.41) is 13.0. The Morgan fingerprint density at radius 2 is 1.93 bits per heavy atom. The fourth-order valence-corrected chi connectivity index (χ4v) is 3.77. The molecule has 140 valence electrons. The number of hydrogen-bond donors (Lipinski definition) is 0. The molecule has 9 nitrogen and oxygen atoms in total. The van der Waals surface area contributed by atoms with Crippen LogP contribution in [0.5, 0.6) is 5.88 Å². The summed E-state index contributed by atoms with van der Waals surface area (Å²) >= 11 is 0. The molecule has 2 aliphatic rings. The molecule has 5 rings (SSSR count). The van der Waals surface area contributed by atoms with Crippen LogP contribution in [0.4, 0.5) is 5.82 Å². The number of rotatable bonds is 4.